The zero-order valence-electron chi connectivity index (χ0n) is 18.3. The van der Waals surface area contributed by atoms with Crippen molar-refractivity contribution in [3.05, 3.63) is 0 Å². The van der Waals surface area contributed by atoms with Crippen molar-refractivity contribution in [2.24, 2.45) is 5.92 Å². The predicted octanol–water partition coefficient (Wildman–Crippen LogP) is 2.74. The number of hydrogen-bond acceptors (Lipinski definition) is 9. The van der Waals surface area contributed by atoms with E-state index in [9.17, 15) is 19.8 Å². The number of ether oxygens (including phenoxy) is 2. The van der Waals surface area contributed by atoms with Crippen LogP contribution in [0.3, 0.4) is 0 Å². The molecule has 0 bridgehead atoms. The van der Waals surface area contributed by atoms with Gasteiger partial charge >= 0.3 is 11.9 Å². The van der Waals surface area contributed by atoms with Crippen LogP contribution in [0.1, 0.15) is 57.8 Å². The van der Waals surface area contributed by atoms with E-state index < -0.39 is 36.5 Å². The molecular formula is C21H37NO7S2. The summed E-state index contributed by atoms with van der Waals surface area (Å²) in [4.78, 5) is 29.3. The fraction of sp³-hybridized carbons (Fsp3) is 0.905. The van der Waals surface area contributed by atoms with E-state index in [1.165, 1.54) is 31.4 Å². The van der Waals surface area contributed by atoms with Crippen LogP contribution in [-0.2, 0) is 23.9 Å². The lowest BCUT2D eigenvalue weighted by molar-refractivity contribution is -0.285. The molecule has 31 heavy (non-hydrogen) atoms. The molecule has 0 spiro atoms. The normalized spacial score (nSPS) is 26.1. The molecule has 0 aromatic carbocycles. The maximum Gasteiger partial charge on any atom is 0.332 e. The van der Waals surface area contributed by atoms with Crippen LogP contribution in [0.2, 0.25) is 0 Å². The van der Waals surface area contributed by atoms with E-state index in [1.807, 2.05) is 0 Å². The smallest absolute Gasteiger partial charge is 0.332 e. The molecule has 1 heterocycles. The van der Waals surface area contributed by atoms with Crippen LogP contribution in [0.15, 0.2) is 0 Å². The lowest BCUT2D eigenvalue weighted by Crippen LogP contribution is -2.56. The first-order valence-electron chi connectivity index (χ1n) is 11.2. The molecule has 1 saturated carbocycles. The van der Waals surface area contributed by atoms with Gasteiger partial charge in [0.05, 0.1) is 13.5 Å². The monoisotopic (exact) mass is 479 g/mol. The molecule has 4 atom stereocenters. The molecule has 0 radical (unpaired) electrons. The molecule has 0 aromatic rings. The van der Waals surface area contributed by atoms with Gasteiger partial charge in [0.15, 0.2) is 6.10 Å². The molecule has 0 amide bonds. The molecule has 8 nitrogen and oxygen atoms in total. The number of aliphatic hydroxyl groups is 1. The Labute approximate surface area is 194 Å². The van der Waals surface area contributed by atoms with Gasteiger partial charge in [0.1, 0.15) is 12.2 Å². The van der Waals surface area contributed by atoms with Crippen molar-refractivity contribution in [1.82, 2.24) is 5.06 Å². The van der Waals surface area contributed by atoms with Crippen molar-refractivity contribution in [3.63, 3.8) is 0 Å². The highest BCUT2D eigenvalue weighted by Gasteiger charge is 2.43. The van der Waals surface area contributed by atoms with Crippen LogP contribution < -0.4 is 0 Å². The minimum Gasteiger partial charge on any atom is -0.479 e. The Morgan fingerprint density at radius 2 is 2.06 bits per heavy atom. The fourth-order valence-corrected chi connectivity index (χ4v) is 5.27. The van der Waals surface area contributed by atoms with Gasteiger partial charge in [0.25, 0.3) is 0 Å². The largest absolute Gasteiger partial charge is 0.479 e. The first kappa shape index (κ1) is 26.7. The molecule has 2 unspecified atom stereocenters. The van der Waals surface area contributed by atoms with Gasteiger partial charge in [-0.1, -0.05) is 32.1 Å². The molecule has 2 rings (SSSR count). The van der Waals surface area contributed by atoms with Gasteiger partial charge < -0.3 is 19.7 Å². The van der Waals surface area contributed by atoms with Crippen molar-refractivity contribution in [2.45, 2.75) is 82.3 Å². The third-order valence-electron chi connectivity index (χ3n) is 5.89. The van der Waals surface area contributed by atoms with E-state index in [1.54, 1.807) is 11.8 Å². The summed E-state index contributed by atoms with van der Waals surface area (Å²) in [5.41, 5.74) is 0. The van der Waals surface area contributed by atoms with Gasteiger partial charge in [0.2, 0.25) is 6.23 Å². The number of carbonyl (C=O) groups excluding carboxylic acids is 1. The van der Waals surface area contributed by atoms with E-state index in [4.69, 9.17) is 14.3 Å². The van der Waals surface area contributed by atoms with E-state index >= 15 is 0 Å². The van der Waals surface area contributed by atoms with Gasteiger partial charge in [0, 0.05) is 12.3 Å². The Morgan fingerprint density at radius 1 is 1.32 bits per heavy atom. The highest BCUT2D eigenvalue weighted by Crippen LogP contribution is 2.29. The summed E-state index contributed by atoms with van der Waals surface area (Å²) >= 11 is 5.94. The van der Waals surface area contributed by atoms with E-state index in [0.29, 0.717) is 18.9 Å². The number of hydrogen-bond donors (Lipinski definition) is 3. The number of aliphatic hydroxyl groups excluding tert-OH is 1. The Balaban J connectivity index is 1.91. The van der Waals surface area contributed by atoms with Crippen molar-refractivity contribution in [3.8, 4) is 0 Å². The second-order valence-electron chi connectivity index (χ2n) is 8.17. The van der Waals surface area contributed by atoms with Gasteiger partial charge in [-0.3, -0.25) is 9.63 Å². The molecule has 2 N–H and O–H groups in total. The molecule has 180 valence electrons. The Bertz CT molecular complexity index is 548. The first-order chi connectivity index (χ1) is 15.0. The SMILES string of the molecule is CON(CCCSCCS)[C@@H]1OC(=O)CC(O[C@@H](CCC2CCCCC2)C(=O)O)C1O. The summed E-state index contributed by atoms with van der Waals surface area (Å²) in [6.07, 6.45) is 3.41. The number of esters is 1. The topological polar surface area (TPSA) is 106 Å². The van der Waals surface area contributed by atoms with Crippen molar-refractivity contribution in [1.29, 1.82) is 0 Å². The Kier molecular flexibility index (Phi) is 12.6. The average molecular weight is 480 g/mol. The highest BCUT2D eigenvalue weighted by atomic mass is 32.2. The average Bonchev–Trinajstić information content (AvgIpc) is 2.76. The number of thiol groups is 1. The molecule has 0 aromatic heterocycles. The summed E-state index contributed by atoms with van der Waals surface area (Å²) in [6.45, 7) is 0.460. The second kappa shape index (κ2) is 14.6. The Morgan fingerprint density at radius 3 is 2.71 bits per heavy atom. The van der Waals surface area contributed by atoms with E-state index in [0.717, 1.165) is 42.9 Å². The highest BCUT2D eigenvalue weighted by molar-refractivity contribution is 7.99. The second-order valence-corrected chi connectivity index (χ2v) is 9.84. The van der Waals surface area contributed by atoms with Crippen molar-refractivity contribution < 1.29 is 34.1 Å². The number of rotatable bonds is 14. The van der Waals surface area contributed by atoms with Crippen molar-refractivity contribution in [2.75, 3.05) is 30.9 Å². The summed E-state index contributed by atoms with van der Waals surface area (Å²) in [5.74, 6) is 1.57. The van der Waals surface area contributed by atoms with E-state index in [-0.39, 0.29) is 6.42 Å². The van der Waals surface area contributed by atoms with Gasteiger partial charge in [-0.2, -0.15) is 24.4 Å². The summed E-state index contributed by atoms with van der Waals surface area (Å²) in [7, 11) is 1.45. The molecule has 1 aliphatic carbocycles. The minimum absolute atomic E-state index is 0.180. The maximum atomic E-state index is 12.2. The number of carboxylic acid groups (broad SMARTS) is 1. The molecule has 2 fully saturated rings. The number of thioether (sulfide) groups is 1. The van der Waals surface area contributed by atoms with Crippen LogP contribution in [0.5, 0.6) is 0 Å². The number of nitrogens with zero attached hydrogens (tertiary/aromatic N) is 1. The number of carbonyl (C=O) groups is 2. The number of hydroxylamine groups is 2. The lowest BCUT2D eigenvalue weighted by atomic mass is 9.85. The summed E-state index contributed by atoms with van der Waals surface area (Å²) in [6, 6.07) is 0. The molecule has 2 aliphatic rings. The number of aliphatic carboxylic acids is 1. The fourth-order valence-electron chi connectivity index (χ4n) is 4.21. The first-order valence-corrected chi connectivity index (χ1v) is 13.0. The third-order valence-corrected chi connectivity index (χ3v) is 7.49. The van der Waals surface area contributed by atoms with Crippen LogP contribution in [0.25, 0.3) is 0 Å². The molecule has 1 saturated heterocycles. The molecular weight excluding hydrogens is 442 g/mol. The predicted molar refractivity (Wildman–Crippen MR) is 122 cm³/mol. The number of carboxylic acids is 1. The standard InChI is InChI=1S/C21H37NO7S2/c1-27-22(10-5-12-31-13-11-30)20-19(24)17(14-18(23)29-20)28-16(21(25)26)9-8-15-6-3-2-4-7-15/h15-17,19-20,24,30H,2-14H2,1H3,(H,25,26)/t16-,17?,19?,20+/m0/s1. The van der Waals surface area contributed by atoms with Gasteiger partial charge in [-0.25, -0.2) is 4.79 Å². The molecule has 10 heteroatoms. The van der Waals surface area contributed by atoms with Crippen LogP contribution in [0, 0.1) is 5.92 Å². The Hall–Kier alpha value is -0.520. The summed E-state index contributed by atoms with van der Waals surface area (Å²) < 4.78 is 11.1. The van der Waals surface area contributed by atoms with Crippen LogP contribution in [-0.4, -0.2) is 82.7 Å². The van der Waals surface area contributed by atoms with Crippen molar-refractivity contribution >= 4 is 36.3 Å². The summed E-state index contributed by atoms with van der Waals surface area (Å²) in [5, 5.41) is 21.9. The van der Waals surface area contributed by atoms with E-state index in [2.05, 4.69) is 12.6 Å². The van der Waals surface area contributed by atoms with Gasteiger partial charge in [-0.05, 0) is 36.7 Å². The zero-order chi connectivity index (χ0) is 22.6. The maximum absolute atomic E-state index is 12.2. The molecule has 1 aliphatic heterocycles. The quantitative estimate of drug-likeness (QED) is 0.150. The van der Waals surface area contributed by atoms with Gasteiger partial charge in [-0.15, -0.1) is 5.06 Å². The third kappa shape index (κ3) is 9.09. The van der Waals surface area contributed by atoms with Crippen LogP contribution >= 0.6 is 24.4 Å². The minimum atomic E-state index is -1.20. The zero-order valence-corrected chi connectivity index (χ0v) is 20.0. The lowest BCUT2D eigenvalue weighted by Gasteiger charge is -2.39. The van der Waals surface area contributed by atoms with Crippen LogP contribution in [0.4, 0.5) is 0 Å². The number of cyclic esters (lactones) is 1.